The minimum atomic E-state index is 0. The molecule has 3 rings (SSSR count). The van der Waals surface area contributed by atoms with E-state index >= 15 is 0 Å². The van der Waals surface area contributed by atoms with Crippen LogP contribution < -0.4 is 11.1 Å². The summed E-state index contributed by atoms with van der Waals surface area (Å²) < 4.78 is 5.16. The fourth-order valence-electron chi connectivity index (χ4n) is 3.34. The number of carbonyl (C=O) groups is 1. The number of rotatable bonds is 7. The number of nitrogens with one attached hydrogen (secondary N) is 1. The van der Waals surface area contributed by atoms with Crippen LogP contribution in [0.4, 0.5) is 5.82 Å². The van der Waals surface area contributed by atoms with Crippen LogP contribution in [0.3, 0.4) is 0 Å². The summed E-state index contributed by atoms with van der Waals surface area (Å²) >= 11 is 0. The van der Waals surface area contributed by atoms with Gasteiger partial charge in [-0.15, -0.1) is 24.8 Å². The highest BCUT2D eigenvalue weighted by Gasteiger charge is 2.29. The van der Waals surface area contributed by atoms with E-state index in [4.69, 9.17) is 10.5 Å². The summed E-state index contributed by atoms with van der Waals surface area (Å²) in [6.45, 7) is 2.77. The Morgan fingerprint density at radius 1 is 1.31 bits per heavy atom. The number of anilines is 1. The lowest BCUT2D eigenvalue weighted by Gasteiger charge is -2.32. The summed E-state index contributed by atoms with van der Waals surface area (Å²) in [5, 5.41) is 3.27. The first-order valence-electron chi connectivity index (χ1n) is 8.79. The number of aromatic nitrogens is 2. The highest BCUT2D eigenvalue weighted by atomic mass is 35.5. The molecule has 0 bridgehead atoms. The number of hydrogen-bond acceptors (Lipinski definition) is 6. The van der Waals surface area contributed by atoms with Gasteiger partial charge in [0.1, 0.15) is 12.4 Å². The molecule has 7 nitrogen and oxygen atoms in total. The second kappa shape index (κ2) is 10.9. The zero-order valence-electron chi connectivity index (χ0n) is 15.1. The Morgan fingerprint density at radius 3 is 2.62 bits per heavy atom. The van der Waals surface area contributed by atoms with Crippen LogP contribution in [0, 0.1) is 0 Å². The van der Waals surface area contributed by atoms with Crippen LogP contribution in [-0.4, -0.2) is 53.6 Å². The maximum Gasteiger partial charge on any atom is 0.224 e. The molecule has 0 unspecified atom stereocenters. The van der Waals surface area contributed by atoms with Crippen molar-refractivity contribution in [2.24, 2.45) is 5.73 Å². The third-order valence-electron chi connectivity index (χ3n) is 4.76. The van der Waals surface area contributed by atoms with Crippen molar-refractivity contribution in [1.82, 2.24) is 14.9 Å². The maximum atomic E-state index is 12.1. The summed E-state index contributed by atoms with van der Waals surface area (Å²) in [6, 6.07) is 2.26. The molecular weight excluding hydrogens is 377 g/mol. The molecule has 3 N–H and O–H groups in total. The van der Waals surface area contributed by atoms with Gasteiger partial charge in [-0.05, 0) is 25.7 Å². The average Bonchev–Trinajstić information content (AvgIpc) is 3.06. The molecule has 2 aliphatic rings. The lowest BCUT2D eigenvalue weighted by Crippen LogP contribution is -2.35. The second-order valence-corrected chi connectivity index (χ2v) is 6.72. The van der Waals surface area contributed by atoms with E-state index in [2.05, 4.69) is 15.3 Å². The molecule has 148 valence electrons. The normalized spacial score (nSPS) is 21.4. The molecule has 1 amide bonds. The molecule has 1 aliphatic heterocycles. The number of amides is 1. The molecule has 0 aromatic carbocycles. The predicted molar refractivity (Wildman–Crippen MR) is 106 cm³/mol. The molecule has 9 heteroatoms. The minimum Gasteiger partial charge on any atom is -0.377 e. The second-order valence-electron chi connectivity index (χ2n) is 6.72. The number of halogens is 2. The molecule has 0 spiro atoms. The number of ether oxygens (including phenoxy) is 1. The van der Waals surface area contributed by atoms with Crippen molar-refractivity contribution in [3.05, 3.63) is 17.6 Å². The standard InChI is InChI=1S/C17H27N5O2.2ClH/c1-24-11-16-20-14(12-8-13(18)9-12)10-15(21-16)19-5-4-17(23)22-6-2-3-7-22;;/h10,12-13H,2-9,11,18H2,1H3,(H,19,20,21);2*1H. The fourth-order valence-corrected chi connectivity index (χ4v) is 3.34. The van der Waals surface area contributed by atoms with E-state index in [1.807, 2.05) is 11.0 Å². The van der Waals surface area contributed by atoms with Gasteiger partial charge in [-0.25, -0.2) is 9.97 Å². The van der Waals surface area contributed by atoms with Gasteiger partial charge in [-0.3, -0.25) is 4.79 Å². The van der Waals surface area contributed by atoms with Crippen molar-refractivity contribution in [2.75, 3.05) is 32.1 Å². The first kappa shape index (κ1) is 22.9. The molecule has 2 fully saturated rings. The number of carbonyl (C=O) groups excluding carboxylic acids is 1. The highest BCUT2D eigenvalue weighted by molar-refractivity contribution is 5.85. The highest BCUT2D eigenvalue weighted by Crippen LogP contribution is 2.35. The molecule has 1 saturated carbocycles. The van der Waals surface area contributed by atoms with Gasteiger partial charge >= 0.3 is 0 Å². The molecule has 1 aromatic heterocycles. The molecule has 1 aliphatic carbocycles. The molecular formula is C17H29Cl2N5O2. The van der Waals surface area contributed by atoms with E-state index in [-0.39, 0.29) is 36.8 Å². The number of likely N-dealkylation sites (tertiary alicyclic amines) is 1. The van der Waals surface area contributed by atoms with Gasteiger partial charge in [0.2, 0.25) is 5.91 Å². The lowest BCUT2D eigenvalue weighted by molar-refractivity contribution is -0.129. The van der Waals surface area contributed by atoms with E-state index in [9.17, 15) is 4.79 Å². The molecule has 26 heavy (non-hydrogen) atoms. The van der Waals surface area contributed by atoms with Crippen molar-refractivity contribution < 1.29 is 9.53 Å². The van der Waals surface area contributed by atoms with E-state index < -0.39 is 0 Å². The van der Waals surface area contributed by atoms with Crippen molar-refractivity contribution in [3.8, 4) is 0 Å². The van der Waals surface area contributed by atoms with Crippen LogP contribution in [0.15, 0.2) is 6.07 Å². The van der Waals surface area contributed by atoms with E-state index in [0.717, 1.165) is 50.3 Å². The first-order valence-corrected chi connectivity index (χ1v) is 8.79. The number of nitrogens with two attached hydrogens (primary N) is 1. The largest absolute Gasteiger partial charge is 0.377 e. The maximum absolute atomic E-state index is 12.1. The van der Waals surface area contributed by atoms with Crippen molar-refractivity contribution in [3.63, 3.8) is 0 Å². The van der Waals surface area contributed by atoms with Crippen LogP contribution >= 0.6 is 24.8 Å². The Balaban J connectivity index is 0.00000169. The number of nitrogens with zero attached hydrogens (tertiary/aromatic N) is 3. The Hall–Kier alpha value is -1.15. The zero-order valence-corrected chi connectivity index (χ0v) is 16.8. The van der Waals surface area contributed by atoms with Crippen LogP contribution in [0.25, 0.3) is 0 Å². The van der Waals surface area contributed by atoms with Crippen molar-refractivity contribution in [1.29, 1.82) is 0 Å². The lowest BCUT2D eigenvalue weighted by atomic mass is 9.78. The van der Waals surface area contributed by atoms with Gasteiger partial charge < -0.3 is 20.7 Å². The SMILES string of the molecule is COCc1nc(NCCC(=O)N2CCCC2)cc(C2CC(N)C2)n1.Cl.Cl. The van der Waals surface area contributed by atoms with Crippen molar-refractivity contribution >= 4 is 36.5 Å². The first-order chi connectivity index (χ1) is 11.7. The summed E-state index contributed by atoms with van der Waals surface area (Å²) in [7, 11) is 1.64. The van der Waals surface area contributed by atoms with E-state index in [1.165, 1.54) is 0 Å². The van der Waals surface area contributed by atoms with Gasteiger partial charge in [-0.1, -0.05) is 0 Å². The van der Waals surface area contributed by atoms with Crippen molar-refractivity contribution in [2.45, 2.75) is 50.7 Å². The molecule has 1 aromatic rings. The predicted octanol–water partition coefficient (Wildman–Crippen LogP) is 2.10. The topological polar surface area (TPSA) is 93.4 Å². The quantitative estimate of drug-likeness (QED) is 0.721. The summed E-state index contributed by atoms with van der Waals surface area (Å²) in [5.41, 5.74) is 6.91. The smallest absolute Gasteiger partial charge is 0.224 e. The van der Waals surface area contributed by atoms with Gasteiger partial charge in [0.05, 0.1) is 0 Å². The van der Waals surface area contributed by atoms with Crippen LogP contribution in [0.1, 0.15) is 49.5 Å². The van der Waals surface area contributed by atoms with Gasteiger partial charge in [0.15, 0.2) is 5.82 Å². The number of methoxy groups -OCH3 is 1. The van der Waals surface area contributed by atoms with Gasteiger partial charge in [0, 0.05) is 56.9 Å². The average molecular weight is 406 g/mol. The molecule has 2 heterocycles. The monoisotopic (exact) mass is 405 g/mol. The van der Waals surface area contributed by atoms with Crippen LogP contribution in [0.5, 0.6) is 0 Å². The van der Waals surface area contributed by atoms with Crippen LogP contribution in [-0.2, 0) is 16.1 Å². The summed E-state index contributed by atoms with van der Waals surface area (Å²) in [5.74, 6) is 2.06. The zero-order chi connectivity index (χ0) is 16.9. The summed E-state index contributed by atoms with van der Waals surface area (Å²) in [6.07, 6.45) is 4.68. The van der Waals surface area contributed by atoms with Gasteiger partial charge in [0.25, 0.3) is 0 Å². The Morgan fingerprint density at radius 2 is 2.00 bits per heavy atom. The third-order valence-corrected chi connectivity index (χ3v) is 4.76. The number of hydrogen-bond donors (Lipinski definition) is 2. The molecule has 0 radical (unpaired) electrons. The Kier molecular flexibility index (Phi) is 9.57. The fraction of sp³-hybridized carbons (Fsp3) is 0.706. The van der Waals surface area contributed by atoms with Crippen LogP contribution in [0.2, 0.25) is 0 Å². The van der Waals surface area contributed by atoms with Gasteiger partial charge in [-0.2, -0.15) is 0 Å². The summed E-state index contributed by atoms with van der Waals surface area (Å²) in [4.78, 5) is 23.1. The Labute approximate surface area is 167 Å². The minimum absolute atomic E-state index is 0. The van der Waals surface area contributed by atoms with E-state index in [0.29, 0.717) is 31.3 Å². The third kappa shape index (κ3) is 5.94. The van der Waals surface area contributed by atoms with E-state index in [1.54, 1.807) is 7.11 Å². The Bertz CT molecular complexity index is 578. The molecule has 1 saturated heterocycles. The molecule has 0 atom stereocenters.